The molecular weight excluding hydrogens is 311 g/mol. The van der Waals surface area contributed by atoms with Gasteiger partial charge >= 0.3 is 0 Å². The lowest BCUT2D eigenvalue weighted by atomic mass is 10.0. The number of aromatic amines is 1. The summed E-state index contributed by atoms with van der Waals surface area (Å²) in [5, 5.41) is 6.99. The van der Waals surface area contributed by atoms with Crippen molar-refractivity contribution in [2.24, 2.45) is 0 Å². The predicted octanol–water partition coefficient (Wildman–Crippen LogP) is 4.07. The van der Waals surface area contributed by atoms with Gasteiger partial charge in [-0.2, -0.15) is 5.10 Å². The number of rotatable bonds is 3. The largest absolute Gasteiger partial charge is 0.378 e. The Morgan fingerprint density at radius 2 is 1.48 bits per heavy atom. The lowest BCUT2D eigenvalue weighted by molar-refractivity contribution is 0.628. The molecule has 4 nitrogen and oxygen atoms in total. The second kappa shape index (κ2) is 6.26. The average Bonchev–Trinajstić information content (AvgIpc) is 2.56. The van der Waals surface area contributed by atoms with Gasteiger partial charge in [0.05, 0.1) is 0 Å². The molecule has 6 heteroatoms. The van der Waals surface area contributed by atoms with Crippen LogP contribution in [0.1, 0.15) is 0 Å². The van der Waals surface area contributed by atoms with Crippen LogP contribution in [-0.4, -0.2) is 29.3 Å². The third-order valence-electron chi connectivity index (χ3n) is 3.48. The molecule has 1 heterocycles. The highest BCUT2D eigenvalue weighted by Crippen LogP contribution is 2.29. The van der Waals surface area contributed by atoms with E-state index in [2.05, 4.69) is 15.2 Å². The van der Waals surface area contributed by atoms with Gasteiger partial charge in [-0.25, -0.2) is 9.37 Å². The Morgan fingerprint density at radius 3 is 2.09 bits per heavy atom. The summed E-state index contributed by atoms with van der Waals surface area (Å²) in [6, 6.07) is 14.1. The van der Waals surface area contributed by atoms with E-state index in [0.717, 1.165) is 16.8 Å². The second-order valence-corrected chi connectivity index (χ2v) is 5.67. The summed E-state index contributed by atoms with van der Waals surface area (Å²) in [5.41, 5.74) is 4.08. The van der Waals surface area contributed by atoms with Crippen molar-refractivity contribution >= 4 is 17.9 Å². The van der Waals surface area contributed by atoms with E-state index < -0.39 is 0 Å². The van der Waals surface area contributed by atoms with Gasteiger partial charge in [-0.3, -0.25) is 5.10 Å². The van der Waals surface area contributed by atoms with Crippen molar-refractivity contribution in [3.8, 4) is 22.5 Å². The summed E-state index contributed by atoms with van der Waals surface area (Å²) in [6.45, 7) is 0. The van der Waals surface area contributed by atoms with Crippen LogP contribution in [0.15, 0.2) is 48.5 Å². The second-order valence-electron chi connectivity index (χ2n) is 5.29. The molecule has 3 rings (SSSR count). The molecule has 1 aromatic heterocycles. The fourth-order valence-corrected chi connectivity index (χ4v) is 2.40. The number of nitrogens with zero attached hydrogens (tertiary/aromatic N) is 3. The molecule has 0 saturated carbocycles. The molecule has 0 fully saturated rings. The van der Waals surface area contributed by atoms with Crippen molar-refractivity contribution in [1.82, 2.24) is 15.2 Å². The summed E-state index contributed by atoms with van der Waals surface area (Å²) in [7, 11) is 3.97. The first-order valence-corrected chi connectivity index (χ1v) is 7.46. The Kier molecular flexibility index (Phi) is 4.16. The fraction of sp³-hybridized carbons (Fsp3) is 0.118. The van der Waals surface area contributed by atoms with Crippen LogP contribution < -0.4 is 4.90 Å². The normalized spacial score (nSPS) is 10.6. The molecule has 1 N–H and O–H groups in total. The van der Waals surface area contributed by atoms with Crippen molar-refractivity contribution in [2.45, 2.75) is 0 Å². The van der Waals surface area contributed by atoms with Crippen LogP contribution in [0, 0.1) is 10.6 Å². The van der Waals surface area contributed by atoms with Gasteiger partial charge in [-0.1, -0.05) is 12.1 Å². The molecule has 3 aromatic rings. The molecule has 0 radical (unpaired) electrons. The third-order valence-corrected chi connectivity index (χ3v) is 3.66. The molecule has 0 bridgehead atoms. The standard InChI is InChI=1S/C17H15FN4S/c1-22(2)14-9-5-11(6-10-14)15-16(20-21-17(23)19-15)12-3-7-13(18)8-4-12/h3-10H,1-2H3,(H,19,21,23). The summed E-state index contributed by atoms with van der Waals surface area (Å²) >= 11 is 5.10. The lowest BCUT2D eigenvalue weighted by Crippen LogP contribution is -2.08. The minimum Gasteiger partial charge on any atom is -0.378 e. The first-order valence-electron chi connectivity index (χ1n) is 7.05. The number of halogens is 1. The van der Waals surface area contributed by atoms with Gasteiger partial charge < -0.3 is 4.90 Å². The van der Waals surface area contributed by atoms with Gasteiger partial charge in [-0.15, -0.1) is 0 Å². The maximum Gasteiger partial charge on any atom is 0.214 e. The van der Waals surface area contributed by atoms with Gasteiger partial charge in [0.15, 0.2) is 0 Å². The highest BCUT2D eigenvalue weighted by atomic mass is 32.1. The maximum absolute atomic E-state index is 13.1. The van der Waals surface area contributed by atoms with Crippen molar-refractivity contribution in [3.63, 3.8) is 0 Å². The van der Waals surface area contributed by atoms with E-state index in [9.17, 15) is 4.39 Å². The molecular formula is C17H15FN4S. The molecule has 0 amide bonds. The minimum absolute atomic E-state index is 0.289. The number of hydrogen-bond acceptors (Lipinski definition) is 4. The summed E-state index contributed by atoms with van der Waals surface area (Å²) < 4.78 is 13.5. The fourth-order valence-electron chi connectivity index (χ4n) is 2.26. The number of nitrogens with one attached hydrogen (secondary N) is 1. The Hall–Kier alpha value is -2.60. The number of benzene rings is 2. The summed E-state index contributed by atoms with van der Waals surface area (Å²) in [4.78, 5) is 6.43. The summed E-state index contributed by atoms with van der Waals surface area (Å²) in [5.74, 6) is -0.289. The van der Waals surface area contributed by atoms with Crippen molar-refractivity contribution < 1.29 is 4.39 Å². The molecule has 0 saturated heterocycles. The smallest absolute Gasteiger partial charge is 0.214 e. The molecule has 0 aliphatic heterocycles. The van der Waals surface area contributed by atoms with E-state index in [4.69, 9.17) is 12.2 Å². The van der Waals surface area contributed by atoms with Crippen LogP contribution in [0.4, 0.5) is 10.1 Å². The Labute approximate surface area is 138 Å². The van der Waals surface area contributed by atoms with Gasteiger partial charge in [0.25, 0.3) is 0 Å². The monoisotopic (exact) mass is 326 g/mol. The Morgan fingerprint density at radius 1 is 0.913 bits per heavy atom. The zero-order chi connectivity index (χ0) is 16.4. The van der Waals surface area contributed by atoms with E-state index in [0.29, 0.717) is 16.2 Å². The average molecular weight is 326 g/mol. The Balaban J connectivity index is 2.12. The molecule has 2 aromatic carbocycles. The number of H-pyrrole nitrogens is 1. The van der Waals surface area contributed by atoms with Crippen LogP contribution >= 0.6 is 12.2 Å². The molecule has 23 heavy (non-hydrogen) atoms. The molecule has 116 valence electrons. The maximum atomic E-state index is 13.1. The Bertz CT molecular complexity index is 870. The molecule has 0 aliphatic carbocycles. The highest BCUT2D eigenvalue weighted by molar-refractivity contribution is 7.71. The van der Waals surface area contributed by atoms with Gasteiger partial charge in [-0.05, 0) is 48.6 Å². The van der Waals surface area contributed by atoms with Crippen LogP contribution in [0.25, 0.3) is 22.5 Å². The van der Waals surface area contributed by atoms with Crippen molar-refractivity contribution in [1.29, 1.82) is 0 Å². The molecule has 0 atom stereocenters. The number of aromatic nitrogens is 3. The first kappa shape index (κ1) is 15.3. The van der Waals surface area contributed by atoms with E-state index in [1.54, 1.807) is 12.1 Å². The topological polar surface area (TPSA) is 44.8 Å². The van der Waals surface area contributed by atoms with E-state index in [1.807, 2.05) is 43.3 Å². The van der Waals surface area contributed by atoms with E-state index in [-0.39, 0.29) is 5.82 Å². The van der Waals surface area contributed by atoms with Crippen LogP contribution in [0.5, 0.6) is 0 Å². The lowest BCUT2D eigenvalue weighted by Gasteiger charge is -2.13. The molecule has 0 unspecified atom stereocenters. The van der Waals surface area contributed by atoms with E-state index in [1.165, 1.54) is 12.1 Å². The van der Waals surface area contributed by atoms with Crippen LogP contribution in [0.3, 0.4) is 0 Å². The zero-order valence-electron chi connectivity index (χ0n) is 12.7. The van der Waals surface area contributed by atoms with Crippen molar-refractivity contribution in [3.05, 3.63) is 59.1 Å². The third kappa shape index (κ3) is 3.27. The number of hydrogen-bond donors (Lipinski definition) is 1. The quantitative estimate of drug-likeness (QED) is 0.737. The summed E-state index contributed by atoms with van der Waals surface area (Å²) in [6.07, 6.45) is 0. The zero-order valence-corrected chi connectivity index (χ0v) is 13.6. The van der Waals surface area contributed by atoms with Crippen LogP contribution in [0.2, 0.25) is 0 Å². The van der Waals surface area contributed by atoms with Crippen molar-refractivity contribution in [2.75, 3.05) is 19.0 Å². The molecule has 0 spiro atoms. The van der Waals surface area contributed by atoms with Gasteiger partial charge in [0.1, 0.15) is 17.2 Å². The van der Waals surface area contributed by atoms with Gasteiger partial charge in [0, 0.05) is 30.9 Å². The predicted molar refractivity (Wildman–Crippen MR) is 92.4 cm³/mol. The molecule has 0 aliphatic rings. The van der Waals surface area contributed by atoms with E-state index >= 15 is 0 Å². The minimum atomic E-state index is -0.289. The van der Waals surface area contributed by atoms with Crippen LogP contribution in [-0.2, 0) is 0 Å². The first-order chi connectivity index (χ1) is 11.0. The highest BCUT2D eigenvalue weighted by Gasteiger charge is 2.12. The number of anilines is 1. The SMILES string of the molecule is CN(C)c1ccc(-c2nc(=S)[nH]nc2-c2ccc(F)cc2)cc1. The van der Waals surface area contributed by atoms with Gasteiger partial charge in [0.2, 0.25) is 4.77 Å².